The number of hydrogen-bond acceptors (Lipinski definition) is 4. The molecule has 0 aliphatic heterocycles. The molecule has 124 valence electrons. The predicted octanol–water partition coefficient (Wildman–Crippen LogP) is 2.50. The third kappa shape index (κ3) is 5.11. The molecule has 0 fully saturated rings. The summed E-state index contributed by atoms with van der Waals surface area (Å²) in [6, 6.07) is 8.43. The van der Waals surface area contributed by atoms with Crippen LogP contribution in [0, 0.1) is 6.92 Å². The van der Waals surface area contributed by atoms with E-state index in [9.17, 15) is 9.90 Å². The van der Waals surface area contributed by atoms with Crippen LogP contribution in [0.25, 0.3) is 0 Å². The van der Waals surface area contributed by atoms with E-state index in [-0.39, 0.29) is 25.1 Å². The number of rotatable bonds is 7. The Balaban J connectivity index is 2.07. The van der Waals surface area contributed by atoms with Gasteiger partial charge in [-0.1, -0.05) is 41.6 Å². The number of carbonyl (C=O) groups is 1. The lowest BCUT2D eigenvalue weighted by Gasteiger charge is -2.12. The Bertz CT molecular complexity index is 650. The molecule has 1 amide bonds. The number of amides is 1. The van der Waals surface area contributed by atoms with Gasteiger partial charge < -0.3 is 15.0 Å². The lowest BCUT2D eigenvalue weighted by atomic mass is 10.2. The SMILES string of the molecule is Cc1ccc(CSc2ncc(CO)n2CC(=O)NC(C)C)cc1. The molecule has 6 heteroatoms. The van der Waals surface area contributed by atoms with E-state index in [1.807, 2.05) is 13.8 Å². The minimum absolute atomic E-state index is 0.0788. The monoisotopic (exact) mass is 333 g/mol. The highest BCUT2D eigenvalue weighted by Crippen LogP contribution is 2.23. The van der Waals surface area contributed by atoms with E-state index in [1.54, 1.807) is 22.5 Å². The first-order chi connectivity index (χ1) is 11.0. The van der Waals surface area contributed by atoms with Crippen LogP contribution in [0.1, 0.15) is 30.7 Å². The largest absolute Gasteiger partial charge is 0.390 e. The van der Waals surface area contributed by atoms with Crippen molar-refractivity contribution in [2.75, 3.05) is 0 Å². The van der Waals surface area contributed by atoms with Crippen LogP contribution >= 0.6 is 11.8 Å². The van der Waals surface area contributed by atoms with Gasteiger partial charge in [-0.3, -0.25) is 4.79 Å². The maximum atomic E-state index is 12.0. The smallest absolute Gasteiger partial charge is 0.240 e. The minimum atomic E-state index is -0.132. The third-order valence-corrected chi connectivity index (χ3v) is 4.37. The first-order valence-electron chi connectivity index (χ1n) is 7.62. The molecule has 23 heavy (non-hydrogen) atoms. The summed E-state index contributed by atoms with van der Waals surface area (Å²) in [6.07, 6.45) is 1.63. The molecule has 0 bridgehead atoms. The van der Waals surface area contributed by atoms with Crippen molar-refractivity contribution >= 4 is 17.7 Å². The van der Waals surface area contributed by atoms with Crippen LogP contribution < -0.4 is 5.32 Å². The van der Waals surface area contributed by atoms with Crippen molar-refractivity contribution in [2.45, 2.75) is 50.9 Å². The summed E-state index contributed by atoms with van der Waals surface area (Å²) in [5, 5.41) is 13.0. The minimum Gasteiger partial charge on any atom is -0.390 e. The zero-order chi connectivity index (χ0) is 16.8. The average molecular weight is 333 g/mol. The fourth-order valence-corrected chi connectivity index (χ4v) is 3.10. The topological polar surface area (TPSA) is 67.2 Å². The normalized spacial score (nSPS) is 11.0. The molecule has 0 aliphatic rings. The molecule has 0 saturated heterocycles. The van der Waals surface area contributed by atoms with Gasteiger partial charge >= 0.3 is 0 Å². The number of imidazole rings is 1. The van der Waals surface area contributed by atoms with E-state index in [2.05, 4.69) is 41.5 Å². The zero-order valence-electron chi connectivity index (χ0n) is 13.7. The van der Waals surface area contributed by atoms with E-state index >= 15 is 0 Å². The van der Waals surface area contributed by atoms with Crippen molar-refractivity contribution in [1.82, 2.24) is 14.9 Å². The summed E-state index contributed by atoms with van der Waals surface area (Å²) in [7, 11) is 0. The Labute approximate surface area is 141 Å². The molecule has 0 spiro atoms. The first-order valence-corrected chi connectivity index (χ1v) is 8.61. The van der Waals surface area contributed by atoms with Gasteiger partial charge in [-0.05, 0) is 26.3 Å². The van der Waals surface area contributed by atoms with E-state index in [1.165, 1.54) is 11.1 Å². The molecule has 1 aromatic carbocycles. The van der Waals surface area contributed by atoms with E-state index in [4.69, 9.17) is 0 Å². The fourth-order valence-electron chi connectivity index (χ4n) is 2.15. The number of nitrogens with zero attached hydrogens (tertiary/aromatic N) is 2. The van der Waals surface area contributed by atoms with Crippen LogP contribution in [-0.2, 0) is 23.7 Å². The average Bonchev–Trinajstić information content (AvgIpc) is 2.87. The molecule has 0 radical (unpaired) electrons. The molecular formula is C17H23N3O2S. The lowest BCUT2D eigenvalue weighted by Crippen LogP contribution is -2.33. The van der Waals surface area contributed by atoms with Crippen LogP contribution in [0.4, 0.5) is 0 Å². The molecule has 5 nitrogen and oxygen atoms in total. The van der Waals surface area contributed by atoms with Gasteiger partial charge in [0.1, 0.15) is 6.54 Å². The van der Waals surface area contributed by atoms with Crippen LogP contribution in [0.3, 0.4) is 0 Å². The molecule has 2 N–H and O–H groups in total. The molecule has 0 unspecified atom stereocenters. The molecule has 0 aliphatic carbocycles. The Morgan fingerprint density at radius 1 is 1.35 bits per heavy atom. The van der Waals surface area contributed by atoms with Gasteiger partial charge in [0.05, 0.1) is 18.5 Å². The maximum Gasteiger partial charge on any atom is 0.240 e. The highest BCUT2D eigenvalue weighted by atomic mass is 32.2. The second-order valence-corrected chi connectivity index (χ2v) is 6.72. The third-order valence-electron chi connectivity index (χ3n) is 3.30. The van der Waals surface area contributed by atoms with Crippen molar-refractivity contribution in [2.24, 2.45) is 0 Å². The van der Waals surface area contributed by atoms with Crippen LogP contribution in [-0.4, -0.2) is 26.6 Å². The molecule has 2 aromatic rings. The van der Waals surface area contributed by atoms with Crippen molar-refractivity contribution in [3.8, 4) is 0 Å². The van der Waals surface area contributed by atoms with Gasteiger partial charge in [-0.15, -0.1) is 0 Å². The van der Waals surface area contributed by atoms with Gasteiger partial charge in [0.15, 0.2) is 5.16 Å². The molecule has 0 atom stereocenters. The van der Waals surface area contributed by atoms with Crippen molar-refractivity contribution in [1.29, 1.82) is 0 Å². The molecular weight excluding hydrogens is 310 g/mol. The Hall–Kier alpha value is -1.79. The van der Waals surface area contributed by atoms with Crippen molar-refractivity contribution in [3.05, 3.63) is 47.3 Å². The van der Waals surface area contributed by atoms with Crippen LogP contribution in [0.2, 0.25) is 0 Å². The second kappa shape index (κ2) is 8.17. The van der Waals surface area contributed by atoms with Gasteiger partial charge in [0, 0.05) is 11.8 Å². The van der Waals surface area contributed by atoms with Gasteiger partial charge in [-0.2, -0.15) is 0 Å². The number of aliphatic hydroxyl groups excluding tert-OH is 1. The highest BCUT2D eigenvalue weighted by molar-refractivity contribution is 7.98. The molecule has 2 rings (SSSR count). The fraction of sp³-hybridized carbons (Fsp3) is 0.412. The summed E-state index contributed by atoms with van der Waals surface area (Å²) in [5.41, 5.74) is 3.08. The van der Waals surface area contributed by atoms with Crippen LogP contribution in [0.15, 0.2) is 35.6 Å². The summed E-state index contributed by atoms with van der Waals surface area (Å²) in [4.78, 5) is 16.3. The van der Waals surface area contributed by atoms with E-state index in [0.717, 1.165) is 10.9 Å². The predicted molar refractivity (Wildman–Crippen MR) is 92.2 cm³/mol. The Morgan fingerprint density at radius 3 is 2.65 bits per heavy atom. The van der Waals surface area contributed by atoms with Gasteiger partial charge in [-0.25, -0.2) is 4.98 Å². The van der Waals surface area contributed by atoms with Gasteiger partial charge in [0.2, 0.25) is 5.91 Å². The van der Waals surface area contributed by atoms with Gasteiger partial charge in [0.25, 0.3) is 0 Å². The highest BCUT2D eigenvalue weighted by Gasteiger charge is 2.14. The summed E-state index contributed by atoms with van der Waals surface area (Å²) < 4.78 is 1.77. The Morgan fingerprint density at radius 2 is 2.04 bits per heavy atom. The first kappa shape index (κ1) is 17.6. The summed E-state index contributed by atoms with van der Waals surface area (Å²) >= 11 is 1.56. The summed E-state index contributed by atoms with van der Waals surface area (Å²) in [6.45, 7) is 5.94. The number of nitrogens with one attached hydrogen (secondary N) is 1. The molecule has 0 saturated carbocycles. The van der Waals surface area contributed by atoms with Crippen molar-refractivity contribution < 1.29 is 9.90 Å². The standard InChI is InChI=1S/C17H23N3O2S/c1-12(2)19-16(22)9-20-15(10-21)8-18-17(20)23-11-14-6-4-13(3)5-7-14/h4-8,12,21H,9-11H2,1-3H3,(H,19,22). The quantitative estimate of drug-likeness (QED) is 0.764. The molecule has 1 aromatic heterocycles. The zero-order valence-corrected chi connectivity index (χ0v) is 14.6. The second-order valence-electron chi connectivity index (χ2n) is 5.77. The lowest BCUT2D eigenvalue weighted by molar-refractivity contribution is -0.122. The number of carbonyl (C=O) groups excluding carboxylic acids is 1. The molecule has 1 heterocycles. The number of thioether (sulfide) groups is 1. The van der Waals surface area contributed by atoms with Crippen molar-refractivity contribution in [3.63, 3.8) is 0 Å². The number of hydrogen-bond donors (Lipinski definition) is 2. The number of aryl methyl sites for hydroxylation is 1. The van der Waals surface area contributed by atoms with E-state index in [0.29, 0.717) is 5.69 Å². The van der Waals surface area contributed by atoms with Crippen LogP contribution in [0.5, 0.6) is 0 Å². The number of aliphatic hydroxyl groups is 1. The Kier molecular flexibility index (Phi) is 6.24. The number of benzene rings is 1. The number of aromatic nitrogens is 2. The van der Waals surface area contributed by atoms with E-state index < -0.39 is 0 Å². The summed E-state index contributed by atoms with van der Waals surface area (Å²) in [5.74, 6) is 0.693. The maximum absolute atomic E-state index is 12.0.